The largest absolute Gasteiger partial charge is 0.384 e. The number of fused-ring (bicyclic) bond motifs is 4. The summed E-state index contributed by atoms with van der Waals surface area (Å²) in [6.07, 6.45) is 6.73. The summed E-state index contributed by atoms with van der Waals surface area (Å²) in [5, 5.41) is 25.4. The first-order valence-electron chi connectivity index (χ1n) is 13.5. The lowest BCUT2D eigenvalue weighted by Crippen LogP contribution is -2.52. The van der Waals surface area contributed by atoms with Crippen molar-refractivity contribution in [3.05, 3.63) is 59.7 Å². The van der Waals surface area contributed by atoms with E-state index in [2.05, 4.69) is 90.1 Å². The van der Waals surface area contributed by atoms with Gasteiger partial charge in [-0.3, -0.25) is 0 Å². The van der Waals surface area contributed by atoms with Crippen molar-refractivity contribution in [2.45, 2.75) is 91.3 Å². The number of aliphatic hydroxyl groups is 2. The molecule has 2 nitrogen and oxygen atoms in total. The van der Waals surface area contributed by atoms with Gasteiger partial charge in [-0.15, -0.1) is 0 Å². The van der Waals surface area contributed by atoms with Crippen LogP contribution in [0.25, 0.3) is 11.1 Å². The summed E-state index contributed by atoms with van der Waals surface area (Å²) in [4.78, 5) is 0. The van der Waals surface area contributed by atoms with Crippen LogP contribution in [0.5, 0.6) is 0 Å². The van der Waals surface area contributed by atoms with Gasteiger partial charge in [0.15, 0.2) is 0 Å². The molecule has 4 aliphatic carbocycles. The van der Waals surface area contributed by atoms with Gasteiger partial charge in [-0.05, 0) is 72.6 Å². The predicted molar refractivity (Wildman–Crippen MR) is 138 cm³/mol. The van der Waals surface area contributed by atoms with Crippen molar-refractivity contribution in [1.82, 2.24) is 0 Å². The molecule has 0 aromatic heterocycles. The van der Waals surface area contributed by atoms with Crippen LogP contribution in [0.4, 0.5) is 0 Å². The van der Waals surface area contributed by atoms with Crippen LogP contribution in [0.2, 0.25) is 0 Å². The first kappa shape index (κ1) is 22.8. The van der Waals surface area contributed by atoms with Gasteiger partial charge in [-0.25, -0.2) is 0 Å². The van der Waals surface area contributed by atoms with E-state index in [-0.39, 0.29) is 21.7 Å². The summed E-state index contributed by atoms with van der Waals surface area (Å²) in [5.41, 5.74) is 1.85. The summed E-state index contributed by atoms with van der Waals surface area (Å²) >= 11 is 0. The molecule has 2 aromatic carbocycles. The number of hydrogen-bond acceptors (Lipinski definition) is 2. The molecule has 0 spiro atoms. The molecule has 0 heterocycles. The van der Waals surface area contributed by atoms with Crippen molar-refractivity contribution in [2.75, 3.05) is 0 Å². The maximum Gasteiger partial charge on any atom is 0.101 e. The van der Waals surface area contributed by atoms with E-state index in [0.717, 1.165) is 47.9 Å². The molecule has 0 saturated heterocycles. The Balaban J connectivity index is 1.59. The molecule has 0 amide bonds. The Morgan fingerprint density at radius 3 is 1.26 bits per heavy atom. The summed E-state index contributed by atoms with van der Waals surface area (Å²) in [5.74, 6) is 1.08. The van der Waals surface area contributed by atoms with Gasteiger partial charge in [0.2, 0.25) is 0 Å². The zero-order chi connectivity index (χ0) is 24.4. The number of rotatable bonds is 3. The Morgan fingerprint density at radius 1 is 0.588 bits per heavy atom. The summed E-state index contributed by atoms with van der Waals surface area (Å²) < 4.78 is 0. The van der Waals surface area contributed by atoms with Crippen LogP contribution in [-0.4, -0.2) is 10.2 Å². The highest BCUT2D eigenvalue weighted by molar-refractivity contribution is 5.74. The minimum atomic E-state index is -0.899. The molecule has 6 atom stereocenters. The Kier molecular flexibility index (Phi) is 4.40. The van der Waals surface area contributed by atoms with Gasteiger partial charge < -0.3 is 10.2 Å². The lowest BCUT2D eigenvalue weighted by atomic mass is 9.55. The minimum absolute atomic E-state index is 0.124. The van der Waals surface area contributed by atoms with E-state index < -0.39 is 11.2 Å². The average molecular weight is 459 g/mol. The highest BCUT2D eigenvalue weighted by Gasteiger charge is 2.71. The maximum absolute atomic E-state index is 12.7. The zero-order valence-corrected chi connectivity index (χ0v) is 21.9. The molecule has 0 radical (unpaired) electrons. The van der Waals surface area contributed by atoms with Crippen molar-refractivity contribution in [2.24, 2.45) is 33.5 Å². The Labute approximate surface area is 205 Å². The lowest BCUT2D eigenvalue weighted by Gasteiger charge is -2.53. The molecule has 2 aromatic rings. The van der Waals surface area contributed by atoms with Crippen LogP contribution in [0.15, 0.2) is 48.5 Å². The highest BCUT2D eigenvalue weighted by atomic mass is 16.3. The molecular weight excluding hydrogens is 416 g/mol. The normalized spacial score (nSPS) is 43.5. The summed E-state index contributed by atoms with van der Waals surface area (Å²) in [6.45, 7) is 13.7. The second kappa shape index (κ2) is 6.56. The first-order chi connectivity index (χ1) is 15.8. The molecule has 0 aliphatic heterocycles. The smallest absolute Gasteiger partial charge is 0.101 e. The third-order valence-electron chi connectivity index (χ3n) is 12.1. The number of hydrogen-bond donors (Lipinski definition) is 2. The summed E-state index contributed by atoms with van der Waals surface area (Å²) in [7, 11) is 0. The van der Waals surface area contributed by atoms with E-state index in [4.69, 9.17) is 0 Å². The van der Waals surface area contributed by atoms with Gasteiger partial charge in [-0.1, -0.05) is 90.1 Å². The fraction of sp³-hybridized carbons (Fsp3) is 0.625. The highest BCUT2D eigenvalue weighted by Crippen LogP contribution is 2.74. The van der Waals surface area contributed by atoms with Crippen LogP contribution < -0.4 is 0 Å². The molecule has 4 fully saturated rings. The Morgan fingerprint density at radius 2 is 0.941 bits per heavy atom. The van der Waals surface area contributed by atoms with Crippen LogP contribution in [0.1, 0.15) is 91.2 Å². The van der Waals surface area contributed by atoms with Crippen LogP contribution in [0, 0.1) is 33.5 Å². The average Bonchev–Trinajstić information content (AvgIpc) is 3.49. The third-order valence-corrected chi connectivity index (χ3v) is 12.1. The van der Waals surface area contributed by atoms with Crippen molar-refractivity contribution in [3.8, 4) is 11.1 Å². The SMILES string of the molecule is CC12CCC(C1)C(C)(C)C2(O)c1ccccc1-c1ccccc1C1(O)C2(C)CCC(C2)C1(C)C. The van der Waals surface area contributed by atoms with E-state index in [0.29, 0.717) is 11.8 Å². The third kappa shape index (κ3) is 2.31. The van der Waals surface area contributed by atoms with E-state index in [9.17, 15) is 10.2 Å². The summed E-state index contributed by atoms with van der Waals surface area (Å²) in [6, 6.07) is 17.1. The van der Waals surface area contributed by atoms with Crippen LogP contribution in [0.3, 0.4) is 0 Å². The number of benzene rings is 2. The fourth-order valence-electron chi connectivity index (χ4n) is 9.93. The molecule has 6 unspecified atom stereocenters. The molecule has 4 bridgehead atoms. The van der Waals surface area contributed by atoms with Gasteiger partial charge in [0.1, 0.15) is 11.2 Å². The topological polar surface area (TPSA) is 40.5 Å². The quantitative estimate of drug-likeness (QED) is 0.502. The first-order valence-corrected chi connectivity index (χ1v) is 13.5. The van der Waals surface area contributed by atoms with Crippen LogP contribution >= 0.6 is 0 Å². The molecule has 2 heteroatoms. The van der Waals surface area contributed by atoms with Crippen molar-refractivity contribution in [1.29, 1.82) is 0 Å². The molecule has 34 heavy (non-hydrogen) atoms. The maximum atomic E-state index is 12.7. The molecule has 6 rings (SSSR count). The molecule has 4 aliphatic rings. The Bertz CT molecular complexity index is 1060. The second-order valence-corrected chi connectivity index (χ2v) is 14.0. The van der Waals surface area contributed by atoms with Crippen molar-refractivity contribution in [3.63, 3.8) is 0 Å². The molecule has 2 N–H and O–H groups in total. The Hall–Kier alpha value is -1.64. The van der Waals surface area contributed by atoms with Crippen molar-refractivity contribution >= 4 is 0 Å². The molecule has 182 valence electrons. The minimum Gasteiger partial charge on any atom is -0.384 e. The monoisotopic (exact) mass is 458 g/mol. The lowest BCUT2D eigenvalue weighted by molar-refractivity contribution is -0.151. The zero-order valence-electron chi connectivity index (χ0n) is 21.9. The predicted octanol–water partition coefficient (Wildman–Crippen LogP) is 7.42. The van der Waals surface area contributed by atoms with E-state index >= 15 is 0 Å². The van der Waals surface area contributed by atoms with Crippen LogP contribution in [-0.2, 0) is 11.2 Å². The standard InChI is InChI=1S/C32H42O2/c1-27(2)21-15-17-29(5,19-21)31(27,33)25-13-9-7-11-23(25)24-12-8-10-14-26(24)32(34)28(3,4)22-16-18-30(32,6)20-22/h7-14,21-22,33-34H,15-20H2,1-6H3. The second-order valence-electron chi connectivity index (χ2n) is 14.0. The van der Waals surface area contributed by atoms with Gasteiger partial charge in [0.05, 0.1) is 0 Å². The van der Waals surface area contributed by atoms with E-state index in [1.807, 2.05) is 0 Å². The van der Waals surface area contributed by atoms with E-state index in [1.165, 1.54) is 12.8 Å². The van der Waals surface area contributed by atoms with Crippen molar-refractivity contribution < 1.29 is 10.2 Å². The molecular formula is C32H42O2. The van der Waals surface area contributed by atoms with Gasteiger partial charge in [-0.2, -0.15) is 0 Å². The van der Waals surface area contributed by atoms with Gasteiger partial charge in [0.25, 0.3) is 0 Å². The molecule has 4 saturated carbocycles. The van der Waals surface area contributed by atoms with Gasteiger partial charge >= 0.3 is 0 Å². The van der Waals surface area contributed by atoms with Gasteiger partial charge in [0, 0.05) is 21.7 Å². The van der Waals surface area contributed by atoms with E-state index in [1.54, 1.807) is 0 Å². The fourth-order valence-corrected chi connectivity index (χ4v) is 9.93.